The molecule has 8 fully saturated rings. The molecule has 8 bridgehead atoms. The van der Waals surface area contributed by atoms with Gasteiger partial charge in [-0.05, 0) is 206 Å². The Labute approximate surface area is 329 Å². The molecule has 270 valence electrons. The van der Waals surface area contributed by atoms with Gasteiger partial charge in [0.15, 0.2) is 0 Å². The molecule has 8 aliphatic carbocycles. The number of hydrogen-bond acceptors (Lipinski definition) is 2. The van der Waals surface area contributed by atoms with Crippen LogP contribution in [0.1, 0.15) is 93.7 Å². The fraction of sp³-hybridized carbons (Fsp3) is 0.412. The zero-order chi connectivity index (χ0) is 35.5. The van der Waals surface area contributed by atoms with E-state index in [0.29, 0.717) is 10.8 Å². The van der Waals surface area contributed by atoms with E-state index in [4.69, 9.17) is 0 Å². The minimum absolute atomic E-state index is 0.136. The SMILES string of the molecule is Cc1cc2c3c(c1)-n1c4ccc(C56CC7CC(CC(C7)C5)C6)cc4c4cc(C56CC7CC(CC(C7)C5)C6)cc(c41)B3N1c3ccccc3Sc3cccc-2c31. The highest BCUT2D eigenvalue weighted by atomic mass is 32.2. The fourth-order valence-electron chi connectivity index (χ4n) is 16.4. The summed E-state index contributed by atoms with van der Waals surface area (Å²) in [7, 11) is 0. The van der Waals surface area contributed by atoms with Crippen LogP contribution in [0.4, 0.5) is 11.4 Å². The molecule has 6 aromatic rings. The van der Waals surface area contributed by atoms with Crippen molar-refractivity contribution in [3.8, 4) is 16.8 Å². The smallest absolute Gasteiger partial charge is 0.333 e. The number of para-hydroxylation sites is 2. The Morgan fingerprint density at radius 3 is 1.93 bits per heavy atom. The predicted octanol–water partition coefficient (Wildman–Crippen LogP) is 11.7. The maximum Gasteiger partial charge on any atom is 0.333 e. The van der Waals surface area contributed by atoms with Crippen molar-refractivity contribution in [1.82, 2.24) is 4.57 Å². The topological polar surface area (TPSA) is 8.17 Å². The third-order valence-corrected chi connectivity index (χ3v) is 18.6. The molecule has 0 spiro atoms. The normalized spacial score (nSPS) is 33.4. The Bertz CT molecular complexity index is 2680. The Kier molecular flexibility index (Phi) is 5.49. The molecule has 0 radical (unpaired) electrons. The summed E-state index contributed by atoms with van der Waals surface area (Å²) < 4.78 is 2.76. The molecule has 5 aromatic carbocycles. The first-order valence-electron chi connectivity index (χ1n) is 22.0. The second kappa shape index (κ2) is 9.97. The zero-order valence-corrected chi connectivity index (χ0v) is 32.7. The first-order valence-corrected chi connectivity index (χ1v) is 22.8. The third-order valence-electron chi connectivity index (χ3n) is 17.4. The molecule has 0 unspecified atom stereocenters. The number of anilines is 2. The van der Waals surface area contributed by atoms with E-state index >= 15 is 0 Å². The molecule has 17 rings (SSSR count). The summed E-state index contributed by atoms with van der Waals surface area (Å²) in [4.78, 5) is 5.58. The van der Waals surface area contributed by atoms with Gasteiger partial charge in [-0.2, -0.15) is 0 Å². The molecule has 3 aliphatic heterocycles. The van der Waals surface area contributed by atoms with Crippen molar-refractivity contribution < 1.29 is 0 Å². The maximum absolute atomic E-state index is 2.81. The van der Waals surface area contributed by atoms with Gasteiger partial charge in [0.1, 0.15) is 0 Å². The minimum atomic E-state index is 0.136. The van der Waals surface area contributed by atoms with Gasteiger partial charge >= 0.3 is 6.85 Å². The Morgan fingerprint density at radius 2 is 1.22 bits per heavy atom. The Hall–Kier alpha value is -3.89. The van der Waals surface area contributed by atoms with Gasteiger partial charge in [0.2, 0.25) is 0 Å². The van der Waals surface area contributed by atoms with Crippen LogP contribution in [0.5, 0.6) is 0 Å². The van der Waals surface area contributed by atoms with Crippen molar-refractivity contribution in [2.45, 2.75) is 105 Å². The number of nitrogens with zero attached hydrogens (tertiary/aromatic N) is 2. The van der Waals surface area contributed by atoms with E-state index in [2.05, 4.69) is 101 Å². The van der Waals surface area contributed by atoms with Crippen molar-refractivity contribution in [1.29, 1.82) is 0 Å². The number of rotatable bonds is 2. The molecule has 55 heavy (non-hydrogen) atoms. The average Bonchev–Trinajstić information content (AvgIpc) is 3.50. The molecule has 0 saturated heterocycles. The van der Waals surface area contributed by atoms with E-state index in [1.165, 1.54) is 148 Å². The van der Waals surface area contributed by atoms with E-state index in [9.17, 15) is 0 Å². The molecule has 2 nitrogen and oxygen atoms in total. The van der Waals surface area contributed by atoms with Crippen LogP contribution in [0.25, 0.3) is 38.6 Å². The largest absolute Gasteiger partial charge is 0.374 e. The Morgan fingerprint density at radius 1 is 0.582 bits per heavy atom. The first kappa shape index (κ1) is 30.3. The lowest BCUT2D eigenvalue weighted by atomic mass is 9.42. The number of hydrogen-bond donors (Lipinski definition) is 0. The monoisotopic (exact) mass is 730 g/mol. The number of fused-ring (bicyclic) bond motifs is 9. The van der Waals surface area contributed by atoms with Crippen molar-refractivity contribution in [2.24, 2.45) is 35.5 Å². The lowest BCUT2D eigenvalue weighted by Gasteiger charge is -2.57. The van der Waals surface area contributed by atoms with Gasteiger partial charge in [-0.1, -0.05) is 54.2 Å². The summed E-state index contributed by atoms with van der Waals surface area (Å²) in [6, 6.07) is 35.0. The second-order valence-electron chi connectivity index (χ2n) is 20.7. The quantitative estimate of drug-likeness (QED) is 0.164. The highest BCUT2D eigenvalue weighted by Crippen LogP contribution is 2.63. The van der Waals surface area contributed by atoms with Crippen LogP contribution < -0.4 is 15.7 Å². The molecule has 4 heteroatoms. The summed E-state index contributed by atoms with van der Waals surface area (Å²) >= 11 is 1.96. The predicted molar refractivity (Wildman–Crippen MR) is 228 cm³/mol. The van der Waals surface area contributed by atoms with Crippen LogP contribution in [0.15, 0.2) is 94.7 Å². The van der Waals surface area contributed by atoms with E-state index in [1.54, 1.807) is 16.6 Å². The highest BCUT2D eigenvalue weighted by Gasteiger charge is 2.54. The minimum Gasteiger partial charge on any atom is -0.374 e. The lowest BCUT2D eigenvalue weighted by Crippen LogP contribution is -2.61. The molecule has 11 aliphatic rings. The second-order valence-corrected chi connectivity index (χ2v) is 21.7. The highest BCUT2D eigenvalue weighted by molar-refractivity contribution is 7.99. The van der Waals surface area contributed by atoms with Crippen LogP contribution in [-0.4, -0.2) is 11.4 Å². The van der Waals surface area contributed by atoms with Gasteiger partial charge in [0, 0.05) is 37.5 Å². The summed E-state index contributed by atoms with van der Waals surface area (Å²) in [6.07, 6.45) is 17.5. The van der Waals surface area contributed by atoms with E-state index < -0.39 is 0 Å². The van der Waals surface area contributed by atoms with Gasteiger partial charge in [-0.15, -0.1) is 0 Å². The van der Waals surface area contributed by atoms with Gasteiger partial charge in [0.05, 0.1) is 16.7 Å². The summed E-state index contributed by atoms with van der Waals surface area (Å²) in [5.74, 6) is 5.63. The standard InChI is InChI=1S/C51H47BN2S/c1-28-11-39-37-5-4-8-46-49(37)54(43-6-2-3-7-45(43)55-46)52-41-21-36(51-25-32-16-33(26-51)18-34(17-32)27-51)20-40-38-19-35(50-22-29-13-30(23-50)15-31(14-29)24-50)9-10-42(38)53(48(40)41)44(12-28)47(39)52/h2-12,19-21,29-34H,13-18,22-27H2,1H3. The van der Waals surface area contributed by atoms with Crippen LogP contribution in [0.2, 0.25) is 0 Å². The van der Waals surface area contributed by atoms with Crippen molar-refractivity contribution >= 4 is 62.7 Å². The zero-order valence-electron chi connectivity index (χ0n) is 31.9. The van der Waals surface area contributed by atoms with E-state index in [-0.39, 0.29) is 6.85 Å². The van der Waals surface area contributed by atoms with Crippen molar-refractivity contribution in [2.75, 3.05) is 4.81 Å². The number of aryl methyl sites for hydroxylation is 1. The molecule has 0 amide bonds. The molecular formula is C51H47BN2S. The maximum atomic E-state index is 2.81. The lowest BCUT2D eigenvalue weighted by molar-refractivity contribution is -0.00526. The molecule has 0 N–H and O–H groups in total. The van der Waals surface area contributed by atoms with Gasteiger partial charge in [-0.25, -0.2) is 0 Å². The van der Waals surface area contributed by atoms with E-state index in [1.807, 2.05) is 11.8 Å². The first-order chi connectivity index (χ1) is 27.0. The van der Waals surface area contributed by atoms with Gasteiger partial charge in [-0.3, -0.25) is 0 Å². The molecular weight excluding hydrogens is 683 g/mol. The average molecular weight is 731 g/mol. The molecule has 1 aromatic heterocycles. The van der Waals surface area contributed by atoms with Crippen molar-refractivity contribution in [3.63, 3.8) is 0 Å². The van der Waals surface area contributed by atoms with Crippen LogP contribution in [0.3, 0.4) is 0 Å². The van der Waals surface area contributed by atoms with Crippen LogP contribution in [-0.2, 0) is 10.8 Å². The number of benzene rings is 5. The molecule has 4 heterocycles. The summed E-state index contributed by atoms with van der Waals surface area (Å²) in [5.41, 5.74) is 18.4. The fourth-order valence-corrected chi connectivity index (χ4v) is 17.5. The van der Waals surface area contributed by atoms with Crippen LogP contribution >= 0.6 is 11.8 Å². The molecule has 8 saturated carbocycles. The van der Waals surface area contributed by atoms with Crippen molar-refractivity contribution in [3.05, 3.63) is 102 Å². The van der Waals surface area contributed by atoms with E-state index in [0.717, 1.165) is 35.5 Å². The van der Waals surface area contributed by atoms with Crippen LogP contribution in [0, 0.1) is 42.4 Å². The Balaban J connectivity index is 1.06. The van der Waals surface area contributed by atoms with Gasteiger partial charge in [0.25, 0.3) is 0 Å². The summed E-state index contributed by atoms with van der Waals surface area (Å²) in [6.45, 7) is 2.47. The third kappa shape index (κ3) is 3.74. The molecule has 0 atom stereocenters. The summed E-state index contributed by atoms with van der Waals surface area (Å²) in [5, 5.41) is 3.06. The van der Waals surface area contributed by atoms with Gasteiger partial charge < -0.3 is 9.38 Å². The number of aromatic nitrogens is 1.